The van der Waals surface area contributed by atoms with E-state index in [1.807, 2.05) is 19.1 Å². The standard InChI is InChI=1S/C22H21ClN2O4S/c1-15-6-4-5-7-21(15)24-22(26)19-14-18(12-13-20(19)23)30(27,28)25(2)16-8-10-17(29-3)11-9-16/h4-14H,1-3H3,(H,24,26). The summed E-state index contributed by atoms with van der Waals surface area (Å²) in [7, 11) is -0.934. The van der Waals surface area contributed by atoms with E-state index in [1.165, 1.54) is 32.4 Å². The van der Waals surface area contributed by atoms with Gasteiger partial charge in [-0.3, -0.25) is 9.10 Å². The fourth-order valence-electron chi connectivity index (χ4n) is 2.83. The van der Waals surface area contributed by atoms with E-state index in [4.69, 9.17) is 16.3 Å². The molecule has 0 heterocycles. The van der Waals surface area contributed by atoms with Crippen LogP contribution in [-0.2, 0) is 10.0 Å². The molecule has 0 aromatic heterocycles. The second-order valence-electron chi connectivity index (χ2n) is 6.58. The molecule has 0 aliphatic carbocycles. The number of halogens is 1. The Balaban J connectivity index is 1.92. The van der Waals surface area contributed by atoms with Gasteiger partial charge >= 0.3 is 0 Å². The molecule has 0 saturated heterocycles. The molecule has 30 heavy (non-hydrogen) atoms. The monoisotopic (exact) mass is 444 g/mol. The van der Waals surface area contributed by atoms with E-state index < -0.39 is 15.9 Å². The Bertz CT molecular complexity index is 1180. The highest BCUT2D eigenvalue weighted by atomic mass is 35.5. The van der Waals surface area contributed by atoms with Crippen molar-refractivity contribution in [3.8, 4) is 5.75 Å². The summed E-state index contributed by atoms with van der Waals surface area (Å²) in [6.07, 6.45) is 0. The van der Waals surface area contributed by atoms with E-state index in [-0.39, 0.29) is 15.5 Å². The van der Waals surface area contributed by atoms with Crippen molar-refractivity contribution in [2.75, 3.05) is 23.8 Å². The Labute approximate surface area is 181 Å². The Kier molecular flexibility index (Phi) is 6.34. The highest BCUT2D eigenvalue weighted by Gasteiger charge is 2.24. The lowest BCUT2D eigenvalue weighted by atomic mass is 10.1. The quantitative estimate of drug-likeness (QED) is 0.596. The Morgan fingerprint density at radius 3 is 2.33 bits per heavy atom. The first-order chi connectivity index (χ1) is 14.2. The van der Waals surface area contributed by atoms with E-state index >= 15 is 0 Å². The summed E-state index contributed by atoms with van der Waals surface area (Å²) in [5.74, 6) is 0.129. The summed E-state index contributed by atoms with van der Waals surface area (Å²) in [6.45, 7) is 1.86. The van der Waals surface area contributed by atoms with Crippen LogP contribution in [0.4, 0.5) is 11.4 Å². The van der Waals surface area contributed by atoms with Crippen LogP contribution in [0, 0.1) is 6.92 Å². The van der Waals surface area contributed by atoms with Gasteiger partial charge in [-0.05, 0) is 61.0 Å². The van der Waals surface area contributed by atoms with Gasteiger partial charge in [0.15, 0.2) is 0 Å². The van der Waals surface area contributed by atoms with Crippen molar-refractivity contribution in [2.24, 2.45) is 0 Å². The number of benzene rings is 3. The highest BCUT2D eigenvalue weighted by molar-refractivity contribution is 7.92. The van der Waals surface area contributed by atoms with Crippen molar-refractivity contribution < 1.29 is 17.9 Å². The molecule has 3 aromatic carbocycles. The number of nitrogens with one attached hydrogen (secondary N) is 1. The summed E-state index contributed by atoms with van der Waals surface area (Å²) >= 11 is 6.19. The minimum atomic E-state index is -3.91. The van der Waals surface area contributed by atoms with Crippen LogP contribution in [0.25, 0.3) is 0 Å². The Morgan fingerprint density at radius 1 is 1.03 bits per heavy atom. The largest absolute Gasteiger partial charge is 0.497 e. The van der Waals surface area contributed by atoms with Gasteiger partial charge in [0.05, 0.1) is 28.3 Å². The lowest BCUT2D eigenvalue weighted by Gasteiger charge is -2.20. The number of methoxy groups -OCH3 is 1. The number of hydrogen-bond acceptors (Lipinski definition) is 4. The van der Waals surface area contributed by atoms with Gasteiger partial charge in [0.2, 0.25) is 0 Å². The van der Waals surface area contributed by atoms with Gasteiger partial charge < -0.3 is 10.1 Å². The summed E-state index contributed by atoms with van der Waals surface area (Å²) in [5.41, 5.74) is 2.04. The first-order valence-electron chi connectivity index (χ1n) is 9.03. The number of nitrogens with zero attached hydrogens (tertiary/aromatic N) is 1. The van der Waals surface area contributed by atoms with E-state index in [0.717, 1.165) is 9.87 Å². The number of aryl methyl sites for hydroxylation is 1. The van der Waals surface area contributed by atoms with Crippen LogP contribution in [0.1, 0.15) is 15.9 Å². The van der Waals surface area contributed by atoms with Crippen LogP contribution < -0.4 is 14.4 Å². The molecular weight excluding hydrogens is 424 g/mol. The number of hydrogen-bond donors (Lipinski definition) is 1. The van der Waals surface area contributed by atoms with Crippen molar-refractivity contribution in [2.45, 2.75) is 11.8 Å². The number of anilines is 2. The molecule has 156 valence electrons. The Hall–Kier alpha value is -3.03. The molecule has 1 amide bonds. The SMILES string of the molecule is COc1ccc(N(C)S(=O)(=O)c2ccc(Cl)c(C(=O)Nc3ccccc3C)c2)cc1. The van der Waals surface area contributed by atoms with Crippen LogP contribution in [-0.4, -0.2) is 28.5 Å². The molecular formula is C22H21ClN2O4S. The van der Waals surface area contributed by atoms with Gasteiger partial charge in [-0.2, -0.15) is 0 Å². The molecule has 0 aliphatic rings. The number of carbonyl (C=O) groups excluding carboxylic acids is 1. The van der Waals surface area contributed by atoms with E-state index in [1.54, 1.807) is 36.4 Å². The Morgan fingerprint density at radius 2 is 1.70 bits per heavy atom. The zero-order valence-corrected chi connectivity index (χ0v) is 18.3. The molecule has 0 aliphatic heterocycles. The minimum absolute atomic E-state index is 0.0415. The van der Waals surface area contributed by atoms with E-state index in [0.29, 0.717) is 17.1 Å². The summed E-state index contributed by atoms with van der Waals surface area (Å²) in [5, 5.41) is 2.93. The molecule has 0 spiro atoms. The average molecular weight is 445 g/mol. The van der Waals surface area contributed by atoms with Crippen molar-refractivity contribution in [3.05, 3.63) is 82.9 Å². The summed E-state index contributed by atoms with van der Waals surface area (Å²) in [6, 6.07) is 18.0. The third-order valence-corrected chi connectivity index (χ3v) is 6.78. The zero-order chi connectivity index (χ0) is 21.9. The number of sulfonamides is 1. The van der Waals surface area contributed by atoms with Gasteiger partial charge in [-0.25, -0.2) is 8.42 Å². The molecule has 0 unspecified atom stereocenters. The topological polar surface area (TPSA) is 75.7 Å². The third kappa shape index (κ3) is 4.42. The minimum Gasteiger partial charge on any atom is -0.497 e. The number of rotatable bonds is 6. The van der Waals surface area contributed by atoms with E-state index in [9.17, 15) is 13.2 Å². The van der Waals surface area contributed by atoms with Crippen molar-refractivity contribution in [1.82, 2.24) is 0 Å². The molecule has 0 saturated carbocycles. The number of carbonyl (C=O) groups is 1. The third-order valence-electron chi connectivity index (χ3n) is 4.67. The molecule has 1 N–H and O–H groups in total. The van der Waals surface area contributed by atoms with E-state index in [2.05, 4.69) is 5.32 Å². The summed E-state index contributed by atoms with van der Waals surface area (Å²) in [4.78, 5) is 12.7. The maximum absolute atomic E-state index is 13.1. The first-order valence-corrected chi connectivity index (χ1v) is 10.9. The van der Waals surface area contributed by atoms with Crippen LogP contribution in [0.3, 0.4) is 0 Å². The zero-order valence-electron chi connectivity index (χ0n) is 16.7. The van der Waals surface area contributed by atoms with Crippen LogP contribution in [0.15, 0.2) is 71.6 Å². The molecule has 0 radical (unpaired) electrons. The fraction of sp³-hybridized carbons (Fsp3) is 0.136. The molecule has 3 aromatic rings. The van der Waals surface area contributed by atoms with Crippen molar-refractivity contribution in [1.29, 1.82) is 0 Å². The number of para-hydroxylation sites is 1. The molecule has 0 bridgehead atoms. The van der Waals surface area contributed by atoms with Gasteiger partial charge in [0.1, 0.15) is 5.75 Å². The molecule has 0 fully saturated rings. The maximum Gasteiger partial charge on any atom is 0.264 e. The van der Waals surface area contributed by atoms with Gasteiger partial charge in [0.25, 0.3) is 15.9 Å². The molecule has 6 nitrogen and oxygen atoms in total. The predicted molar refractivity (Wildman–Crippen MR) is 119 cm³/mol. The maximum atomic E-state index is 13.1. The average Bonchev–Trinajstić information content (AvgIpc) is 2.75. The fourth-order valence-corrected chi connectivity index (χ4v) is 4.26. The smallest absolute Gasteiger partial charge is 0.264 e. The van der Waals surface area contributed by atoms with Crippen molar-refractivity contribution >= 4 is 38.9 Å². The molecule has 3 rings (SSSR count). The lowest BCUT2D eigenvalue weighted by molar-refractivity contribution is 0.102. The molecule has 8 heteroatoms. The molecule has 0 atom stereocenters. The normalized spacial score (nSPS) is 11.1. The second-order valence-corrected chi connectivity index (χ2v) is 8.96. The van der Waals surface area contributed by atoms with Crippen molar-refractivity contribution in [3.63, 3.8) is 0 Å². The van der Waals surface area contributed by atoms with Gasteiger partial charge in [-0.15, -0.1) is 0 Å². The highest BCUT2D eigenvalue weighted by Crippen LogP contribution is 2.27. The van der Waals surface area contributed by atoms with Crippen LogP contribution in [0.2, 0.25) is 5.02 Å². The summed E-state index contributed by atoms with van der Waals surface area (Å²) < 4.78 is 32.5. The van der Waals surface area contributed by atoms with Crippen LogP contribution >= 0.6 is 11.6 Å². The lowest BCUT2D eigenvalue weighted by Crippen LogP contribution is -2.27. The van der Waals surface area contributed by atoms with Gasteiger partial charge in [-0.1, -0.05) is 29.8 Å². The predicted octanol–water partition coefficient (Wildman–Crippen LogP) is 4.73. The number of ether oxygens (including phenoxy) is 1. The van der Waals surface area contributed by atoms with Crippen LogP contribution in [0.5, 0.6) is 5.75 Å². The first kappa shape index (κ1) is 21.7. The number of amides is 1. The second kappa shape index (κ2) is 8.77. The van der Waals surface area contributed by atoms with Gasteiger partial charge in [0, 0.05) is 12.7 Å².